The van der Waals surface area contributed by atoms with Gasteiger partial charge < -0.3 is 15.3 Å². The van der Waals surface area contributed by atoms with E-state index >= 15 is 0 Å². The number of hydrogen-bond acceptors (Lipinski definition) is 4. The van der Waals surface area contributed by atoms with Crippen molar-refractivity contribution < 1.29 is 20.1 Å². The molecule has 0 aromatic heterocycles. The molecule has 0 fully saturated rings. The van der Waals surface area contributed by atoms with E-state index in [1.54, 1.807) is 12.1 Å². The number of nitrogens with zero attached hydrogens (tertiary/aromatic N) is 1. The Kier molecular flexibility index (Phi) is 2.17. The molecule has 15 heavy (non-hydrogen) atoms. The number of hydrogen-bond donors (Lipinski definition) is 3. The molecule has 3 N–H and O–H groups in total. The first-order valence-corrected chi connectivity index (χ1v) is 4.40. The van der Waals surface area contributed by atoms with Crippen molar-refractivity contribution in [2.24, 2.45) is 4.99 Å². The van der Waals surface area contributed by atoms with E-state index in [1.807, 2.05) is 0 Å². The number of aliphatic hydroxyl groups excluding tert-OH is 1. The first kappa shape index (κ1) is 9.67. The summed E-state index contributed by atoms with van der Waals surface area (Å²) in [5, 5.41) is 27.9. The fraction of sp³-hybridized carbons (Fsp3) is 0.200. The number of aliphatic hydroxyl groups is 1. The molecule has 1 aliphatic rings. The monoisotopic (exact) mass is 207 g/mol. The van der Waals surface area contributed by atoms with E-state index in [1.165, 1.54) is 6.07 Å². The van der Waals surface area contributed by atoms with Crippen LogP contribution in [0.5, 0.6) is 5.75 Å². The quantitative estimate of drug-likeness (QED) is 0.640. The molecule has 0 spiro atoms. The minimum atomic E-state index is -1.18. The number of carboxylic acids is 1. The highest BCUT2D eigenvalue weighted by Gasteiger charge is 2.25. The number of aliphatic imine (C=N–C) groups is 1. The molecule has 78 valence electrons. The molecule has 1 aliphatic heterocycles. The van der Waals surface area contributed by atoms with Crippen LogP contribution in [0.25, 0.3) is 0 Å². The Morgan fingerprint density at radius 1 is 1.47 bits per heavy atom. The van der Waals surface area contributed by atoms with Crippen LogP contribution in [0.4, 0.5) is 5.69 Å². The molecular formula is C10H9NO4. The number of phenols is 1. The molecule has 1 aromatic rings. The Balaban J connectivity index is 2.58. The largest absolute Gasteiger partial charge is 0.506 e. The van der Waals surface area contributed by atoms with Crippen molar-refractivity contribution in [2.45, 2.75) is 12.5 Å². The van der Waals surface area contributed by atoms with Crippen molar-refractivity contribution in [3.05, 3.63) is 23.8 Å². The second kappa shape index (κ2) is 3.36. The van der Waals surface area contributed by atoms with Crippen LogP contribution >= 0.6 is 0 Å². The van der Waals surface area contributed by atoms with Crippen molar-refractivity contribution in [3.8, 4) is 5.75 Å². The molecule has 0 radical (unpaired) electrons. The smallest absolute Gasteiger partial charge is 0.350 e. The molecular weight excluding hydrogens is 198 g/mol. The molecule has 1 heterocycles. The number of carboxylic acid groups (broad SMARTS) is 1. The highest BCUT2D eigenvalue weighted by atomic mass is 16.4. The van der Waals surface area contributed by atoms with E-state index in [4.69, 9.17) is 5.11 Å². The molecule has 1 unspecified atom stereocenters. The molecule has 0 bridgehead atoms. The second-order valence-electron chi connectivity index (χ2n) is 3.30. The predicted molar refractivity (Wildman–Crippen MR) is 52.4 cm³/mol. The SMILES string of the molecule is O=C(O)C1=Nc2c(O)cccc2C(O)C1. The molecule has 1 atom stereocenters. The highest BCUT2D eigenvalue weighted by molar-refractivity contribution is 6.36. The lowest BCUT2D eigenvalue weighted by molar-refractivity contribution is -0.129. The minimum Gasteiger partial charge on any atom is -0.506 e. The number of carbonyl (C=O) groups is 1. The number of rotatable bonds is 1. The summed E-state index contributed by atoms with van der Waals surface area (Å²) < 4.78 is 0. The summed E-state index contributed by atoms with van der Waals surface area (Å²) in [6, 6.07) is 4.60. The van der Waals surface area contributed by atoms with Gasteiger partial charge in [0.25, 0.3) is 0 Å². The number of para-hydroxylation sites is 1. The number of fused-ring (bicyclic) bond motifs is 1. The Labute approximate surface area is 85.3 Å². The van der Waals surface area contributed by atoms with Gasteiger partial charge in [-0.1, -0.05) is 12.1 Å². The van der Waals surface area contributed by atoms with Crippen LogP contribution in [0.1, 0.15) is 18.1 Å². The average molecular weight is 207 g/mol. The Morgan fingerprint density at radius 2 is 2.20 bits per heavy atom. The maximum Gasteiger partial charge on any atom is 0.350 e. The summed E-state index contributed by atoms with van der Waals surface area (Å²) in [7, 11) is 0. The maximum absolute atomic E-state index is 10.7. The van der Waals surface area contributed by atoms with Crippen LogP contribution in [-0.4, -0.2) is 27.0 Å². The van der Waals surface area contributed by atoms with E-state index in [2.05, 4.69) is 4.99 Å². The van der Waals surface area contributed by atoms with Gasteiger partial charge in [-0.15, -0.1) is 0 Å². The van der Waals surface area contributed by atoms with Crippen LogP contribution in [0, 0.1) is 0 Å². The van der Waals surface area contributed by atoms with Gasteiger partial charge in [-0.2, -0.15) is 0 Å². The average Bonchev–Trinajstić information content (AvgIpc) is 2.19. The predicted octanol–water partition coefficient (Wildman–Crippen LogP) is 0.986. The van der Waals surface area contributed by atoms with Crippen molar-refractivity contribution in [2.75, 3.05) is 0 Å². The molecule has 0 amide bonds. The summed E-state index contributed by atoms with van der Waals surface area (Å²) in [4.78, 5) is 14.5. The van der Waals surface area contributed by atoms with Crippen LogP contribution < -0.4 is 0 Å². The topological polar surface area (TPSA) is 90.1 Å². The maximum atomic E-state index is 10.7. The third kappa shape index (κ3) is 1.57. The van der Waals surface area contributed by atoms with Crippen LogP contribution in [0.3, 0.4) is 0 Å². The van der Waals surface area contributed by atoms with Crippen molar-refractivity contribution in [1.82, 2.24) is 0 Å². The molecule has 0 saturated heterocycles. The van der Waals surface area contributed by atoms with Crippen LogP contribution in [0.2, 0.25) is 0 Å². The molecule has 2 rings (SSSR count). The highest BCUT2D eigenvalue weighted by Crippen LogP contribution is 2.39. The zero-order chi connectivity index (χ0) is 11.0. The van der Waals surface area contributed by atoms with Gasteiger partial charge in [0.2, 0.25) is 0 Å². The molecule has 5 heteroatoms. The summed E-state index contributed by atoms with van der Waals surface area (Å²) in [5.41, 5.74) is 0.463. The van der Waals surface area contributed by atoms with E-state index in [9.17, 15) is 15.0 Å². The minimum absolute atomic E-state index is 0.0359. The van der Waals surface area contributed by atoms with Gasteiger partial charge in [-0.3, -0.25) is 0 Å². The first-order chi connectivity index (χ1) is 7.09. The summed E-state index contributed by atoms with van der Waals surface area (Å²) >= 11 is 0. The number of aromatic hydroxyl groups is 1. The van der Waals surface area contributed by atoms with Crippen molar-refractivity contribution >= 4 is 17.4 Å². The fourth-order valence-corrected chi connectivity index (χ4v) is 1.55. The van der Waals surface area contributed by atoms with Gasteiger partial charge in [0, 0.05) is 12.0 Å². The summed E-state index contributed by atoms with van der Waals surface area (Å²) in [6.45, 7) is 0. The second-order valence-corrected chi connectivity index (χ2v) is 3.30. The zero-order valence-electron chi connectivity index (χ0n) is 7.71. The van der Waals surface area contributed by atoms with E-state index < -0.39 is 12.1 Å². The van der Waals surface area contributed by atoms with Gasteiger partial charge in [0.1, 0.15) is 17.1 Å². The Hall–Kier alpha value is -1.88. The summed E-state index contributed by atoms with van der Waals surface area (Å²) in [6.07, 6.45) is -0.957. The molecule has 5 nitrogen and oxygen atoms in total. The number of phenolic OH excluding ortho intramolecular Hbond substituents is 1. The van der Waals surface area contributed by atoms with Crippen LogP contribution in [-0.2, 0) is 4.79 Å². The number of benzene rings is 1. The van der Waals surface area contributed by atoms with Gasteiger partial charge in [0.15, 0.2) is 0 Å². The third-order valence-corrected chi connectivity index (χ3v) is 2.29. The molecule has 0 saturated carbocycles. The lowest BCUT2D eigenvalue weighted by Crippen LogP contribution is -2.19. The first-order valence-electron chi connectivity index (χ1n) is 4.40. The Bertz CT molecular complexity index is 453. The van der Waals surface area contributed by atoms with Crippen LogP contribution in [0.15, 0.2) is 23.2 Å². The van der Waals surface area contributed by atoms with Crippen molar-refractivity contribution in [1.29, 1.82) is 0 Å². The zero-order valence-corrected chi connectivity index (χ0v) is 7.71. The van der Waals surface area contributed by atoms with Gasteiger partial charge >= 0.3 is 5.97 Å². The van der Waals surface area contributed by atoms with Gasteiger partial charge in [0.05, 0.1) is 6.10 Å². The summed E-state index contributed by atoms with van der Waals surface area (Å²) in [5.74, 6) is -1.30. The third-order valence-electron chi connectivity index (χ3n) is 2.29. The van der Waals surface area contributed by atoms with Gasteiger partial charge in [-0.25, -0.2) is 9.79 Å². The lowest BCUT2D eigenvalue weighted by Gasteiger charge is -2.19. The normalized spacial score (nSPS) is 19.3. The van der Waals surface area contributed by atoms with E-state index in [0.717, 1.165) is 0 Å². The molecule has 0 aliphatic carbocycles. The standard InChI is InChI=1S/C10H9NO4/c12-7-3-1-2-5-8(13)4-6(10(14)15)11-9(5)7/h1-3,8,12-13H,4H2,(H,14,15). The number of aliphatic carboxylic acids is 1. The molecule has 1 aromatic carbocycles. The Morgan fingerprint density at radius 3 is 2.87 bits per heavy atom. The van der Waals surface area contributed by atoms with E-state index in [0.29, 0.717) is 5.56 Å². The lowest BCUT2D eigenvalue weighted by atomic mass is 9.98. The fourth-order valence-electron chi connectivity index (χ4n) is 1.55. The van der Waals surface area contributed by atoms with Gasteiger partial charge in [-0.05, 0) is 6.07 Å². The van der Waals surface area contributed by atoms with Crippen molar-refractivity contribution in [3.63, 3.8) is 0 Å². The van der Waals surface area contributed by atoms with E-state index in [-0.39, 0.29) is 23.6 Å².